The minimum Gasteiger partial charge on any atom is -0.382 e. The molecular formula is C10H13ClN2. The minimum atomic E-state index is 0.553. The van der Waals surface area contributed by atoms with Crippen molar-refractivity contribution in [1.82, 2.24) is 4.98 Å². The standard InChI is InChI=1S/C10H13ClN2/c1-7-4-9(5-7)13-8-2-3-12-10(11)6-8/h2-3,6-7,9H,4-5H2,1H3,(H,12,13). The third-order valence-electron chi connectivity index (χ3n) is 2.47. The van der Waals surface area contributed by atoms with Crippen LogP contribution in [0.1, 0.15) is 19.8 Å². The molecule has 2 rings (SSSR count). The zero-order chi connectivity index (χ0) is 9.26. The van der Waals surface area contributed by atoms with Crippen LogP contribution in [0.2, 0.25) is 5.15 Å². The van der Waals surface area contributed by atoms with Gasteiger partial charge < -0.3 is 5.32 Å². The molecule has 2 nitrogen and oxygen atoms in total. The van der Waals surface area contributed by atoms with Crippen molar-refractivity contribution in [3.63, 3.8) is 0 Å². The number of anilines is 1. The van der Waals surface area contributed by atoms with Crippen molar-refractivity contribution < 1.29 is 0 Å². The van der Waals surface area contributed by atoms with Gasteiger partial charge in [0.2, 0.25) is 0 Å². The summed E-state index contributed by atoms with van der Waals surface area (Å²) in [5, 5.41) is 3.98. The lowest BCUT2D eigenvalue weighted by Gasteiger charge is -2.34. The molecule has 0 spiro atoms. The van der Waals surface area contributed by atoms with Crippen molar-refractivity contribution in [3.05, 3.63) is 23.5 Å². The summed E-state index contributed by atoms with van der Waals surface area (Å²) in [5.41, 5.74) is 1.08. The third-order valence-corrected chi connectivity index (χ3v) is 2.68. The number of halogens is 1. The Morgan fingerprint density at radius 1 is 1.54 bits per heavy atom. The molecular weight excluding hydrogens is 184 g/mol. The van der Waals surface area contributed by atoms with E-state index in [1.807, 2.05) is 12.1 Å². The number of aromatic nitrogens is 1. The van der Waals surface area contributed by atoms with E-state index in [-0.39, 0.29) is 0 Å². The Balaban J connectivity index is 1.94. The van der Waals surface area contributed by atoms with Crippen molar-refractivity contribution >= 4 is 17.3 Å². The number of rotatable bonds is 2. The third kappa shape index (κ3) is 2.13. The van der Waals surface area contributed by atoms with Gasteiger partial charge in [0.15, 0.2) is 0 Å². The highest BCUT2D eigenvalue weighted by Gasteiger charge is 2.24. The van der Waals surface area contributed by atoms with Gasteiger partial charge in [-0.25, -0.2) is 4.98 Å². The molecule has 0 amide bonds. The van der Waals surface area contributed by atoms with Crippen LogP contribution in [0, 0.1) is 5.92 Å². The summed E-state index contributed by atoms with van der Waals surface area (Å²) in [4.78, 5) is 3.93. The van der Waals surface area contributed by atoms with Crippen LogP contribution in [0.25, 0.3) is 0 Å². The molecule has 3 heteroatoms. The fourth-order valence-corrected chi connectivity index (χ4v) is 1.92. The van der Waals surface area contributed by atoms with Gasteiger partial charge in [-0.2, -0.15) is 0 Å². The monoisotopic (exact) mass is 196 g/mol. The van der Waals surface area contributed by atoms with Crippen molar-refractivity contribution in [2.75, 3.05) is 5.32 Å². The molecule has 1 heterocycles. The van der Waals surface area contributed by atoms with Crippen LogP contribution in [0.15, 0.2) is 18.3 Å². The van der Waals surface area contributed by atoms with Crippen LogP contribution in [0.4, 0.5) is 5.69 Å². The molecule has 0 saturated heterocycles. The SMILES string of the molecule is CC1CC(Nc2ccnc(Cl)c2)C1. The van der Waals surface area contributed by atoms with Crippen LogP contribution < -0.4 is 5.32 Å². The second-order valence-corrected chi connectivity index (χ2v) is 4.17. The van der Waals surface area contributed by atoms with E-state index in [9.17, 15) is 0 Å². The fourth-order valence-electron chi connectivity index (χ4n) is 1.75. The zero-order valence-corrected chi connectivity index (χ0v) is 8.38. The first-order valence-electron chi connectivity index (χ1n) is 4.62. The van der Waals surface area contributed by atoms with Gasteiger partial charge in [-0.1, -0.05) is 18.5 Å². The summed E-state index contributed by atoms with van der Waals surface area (Å²) < 4.78 is 0. The Morgan fingerprint density at radius 3 is 2.92 bits per heavy atom. The number of hydrogen-bond donors (Lipinski definition) is 1. The smallest absolute Gasteiger partial charge is 0.131 e. The summed E-state index contributed by atoms with van der Waals surface area (Å²) in [6.07, 6.45) is 4.26. The second-order valence-electron chi connectivity index (χ2n) is 3.79. The first-order valence-corrected chi connectivity index (χ1v) is 5.00. The average molecular weight is 197 g/mol. The predicted molar refractivity (Wildman–Crippen MR) is 55.1 cm³/mol. The molecule has 0 unspecified atom stereocenters. The highest BCUT2D eigenvalue weighted by Crippen LogP contribution is 2.29. The lowest BCUT2D eigenvalue weighted by molar-refractivity contribution is 0.309. The Hall–Kier alpha value is -0.760. The predicted octanol–water partition coefficient (Wildman–Crippen LogP) is 2.95. The average Bonchev–Trinajstić information content (AvgIpc) is 2.01. The molecule has 1 fully saturated rings. The highest BCUT2D eigenvalue weighted by molar-refractivity contribution is 6.29. The van der Waals surface area contributed by atoms with Crippen molar-refractivity contribution in [1.29, 1.82) is 0 Å². The summed E-state index contributed by atoms with van der Waals surface area (Å²) in [7, 11) is 0. The van der Waals surface area contributed by atoms with Crippen LogP contribution in [0.5, 0.6) is 0 Å². The van der Waals surface area contributed by atoms with Gasteiger partial charge in [-0.15, -0.1) is 0 Å². The second kappa shape index (κ2) is 3.54. The normalized spacial score (nSPS) is 26.6. The van der Waals surface area contributed by atoms with Gasteiger partial charge in [0.25, 0.3) is 0 Å². The van der Waals surface area contributed by atoms with E-state index >= 15 is 0 Å². The number of pyridine rings is 1. The van der Waals surface area contributed by atoms with E-state index in [0.29, 0.717) is 11.2 Å². The van der Waals surface area contributed by atoms with E-state index in [1.54, 1.807) is 6.20 Å². The van der Waals surface area contributed by atoms with Gasteiger partial charge in [-0.3, -0.25) is 0 Å². The van der Waals surface area contributed by atoms with Crippen molar-refractivity contribution in [2.24, 2.45) is 5.92 Å². The van der Waals surface area contributed by atoms with Crippen molar-refractivity contribution in [3.8, 4) is 0 Å². The Bertz CT molecular complexity index is 295. The van der Waals surface area contributed by atoms with Gasteiger partial charge in [0, 0.05) is 17.9 Å². The van der Waals surface area contributed by atoms with Gasteiger partial charge in [-0.05, 0) is 30.9 Å². The van der Waals surface area contributed by atoms with Crippen molar-refractivity contribution in [2.45, 2.75) is 25.8 Å². The summed E-state index contributed by atoms with van der Waals surface area (Å²) in [6, 6.07) is 4.45. The molecule has 1 aromatic heterocycles. The minimum absolute atomic E-state index is 0.553. The van der Waals surface area contributed by atoms with Gasteiger partial charge >= 0.3 is 0 Å². The number of nitrogens with one attached hydrogen (secondary N) is 1. The molecule has 1 aliphatic carbocycles. The molecule has 1 saturated carbocycles. The molecule has 0 bridgehead atoms. The first kappa shape index (κ1) is 8.82. The molecule has 0 aliphatic heterocycles. The van der Waals surface area contributed by atoms with E-state index < -0.39 is 0 Å². The summed E-state index contributed by atoms with van der Waals surface area (Å²) in [6.45, 7) is 2.28. The van der Waals surface area contributed by atoms with E-state index in [0.717, 1.165) is 11.6 Å². The number of hydrogen-bond acceptors (Lipinski definition) is 2. The topological polar surface area (TPSA) is 24.9 Å². The molecule has 1 aromatic rings. The van der Waals surface area contributed by atoms with E-state index in [1.165, 1.54) is 12.8 Å². The lowest BCUT2D eigenvalue weighted by atomic mass is 9.82. The highest BCUT2D eigenvalue weighted by atomic mass is 35.5. The van der Waals surface area contributed by atoms with E-state index in [2.05, 4.69) is 17.2 Å². The van der Waals surface area contributed by atoms with Crippen LogP contribution >= 0.6 is 11.6 Å². The largest absolute Gasteiger partial charge is 0.382 e. The van der Waals surface area contributed by atoms with Crippen LogP contribution in [-0.2, 0) is 0 Å². The molecule has 70 valence electrons. The Morgan fingerprint density at radius 2 is 2.31 bits per heavy atom. The molecule has 0 atom stereocenters. The van der Waals surface area contributed by atoms with Gasteiger partial charge in [0.1, 0.15) is 5.15 Å². The maximum atomic E-state index is 5.77. The molecule has 0 aromatic carbocycles. The quantitative estimate of drug-likeness (QED) is 0.736. The summed E-state index contributed by atoms with van der Waals surface area (Å²) in [5.74, 6) is 0.870. The molecule has 1 N–H and O–H groups in total. The Labute approximate surface area is 83.3 Å². The molecule has 0 radical (unpaired) electrons. The zero-order valence-electron chi connectivity index (χ0n) is 7.63. The Kier molecular flexibility index (Phi) is 2.40. The van der Waals surface area contributed by atoms with E-state index in [4.69, 9.17) is 11.6 Å². The number of nitrogens with zero attached hydrogens (tertiary/aromatic N) is 1. The summed E-state index contributed by atoms with van der Waals surface area (Å²) >= 11 is 5.77. The van der Waals surface area contributed by atoms with Crippen LogP contribution in [0.3, 0.4) is 0 Å². The molecule has 13 heavy (non-hydrogen) atoms. The van der Waals surface area contributed by atoms with Gasteiger partial charge in [0.05, 0.1) is 0 Å². The van der Waals surface area contributed by atoms with Crippen LogP contribution in [-0.4, -0.2) is 11.0 Å². The maximum Gasteiger partial charge on any atom is 0.131 e. The molecule has 1 aliphatic rings. The lowest BCUT2D eigenvalue weighted by Crippen LogP contribution is -2.33. The maximum absolute atomic E-state index is 5.77. The first-order chi connectivity index (χ1) is 6.24. The fraction of sp³-hybridized carbons (Fsp3) is 0.500.